The van der Waals surface area contributed by atoms with Crippen molar-refractivity contribution in [1.82, 2.24) is 0 Å². The van der Waals surface area contributed by atoms with Crippen LogP contribution in [-0.2, 0) is 6.42 Å². The fourth-order valence-electron chi connectivity index (χ4n) is 3.24. The first-order chi connectivity index (χ1) is 11.9. The Bertz CT molecular complexity index is 822. The fraction of sp³-hybridized carbons (Fsp3) is 0.182. The molecule has 0 saturated heterocycles. The maximum absolute atomic E-state index is 13.3. The summed E-state index contributed by atoms with van der Waals surface area (Å²) in [6.07, 6.45) is 0.547. The van der Waals surface area contributed by atoms with Gasteiger partial charge in [-0.15, -0.1) is 0 Å². The molecule has 0 amide bonds. The Morgan fingerprint density at radius 3 is 1.76 bits per heavy atom. The van der Waals surface area contributed by atoms with E-state index in [0.29, 0.717) is 6.42 Å². The van der Waals surface area contributed by atoms with Gasteiger partial charge in [-0.3, -0.25) is 0 Å². The van der Waals surface area contributed by atoms with Crippen LogP contribution in [0.25, 0.3) is 0 Å². The molecule has 1 N–H and O–H groups in total. The van der Waals surface area contributed by atoms with Gasteiger partial charge in [0.05, 0.1) is 0 Å². The lowest BCUT2D eigenvalue weighted by Gasteiger charge is -2.20. The molecule has 0 saturated carbocycles. The lowest BCUT2D eigenvalue weighted by atomic mass is 9.85. The highest BCUT2D eigenvalue weighted by Crippen LogP contribution is 2.33. The second-order valence-corrected chi connectivity index (χ2v) is 6.45. The highest BCUT2D eigenvalue weighted by molar-refractivity contribution is 5.45. The molecule has 128 valence electrons. The zero-order valence-corrected chi connectivity index (χ0v) is 14.3. The number of halogens is 2. The number of rotatable bonds is 4. The van der Waals surface area contributed by atoms with Crippen LogP contribution >= 0.6 is 0 Å². The molecule has 0 aliphatic rings. The van der Waals surface area contributed by atoms with Gasteiger partial charge in [0.15, 0.2) is 0 Å². The van der Waals surface area contributed by atoms with Crippen LogP contribution in [0.2, 0.25) is 0 Å². The van der Waals surface area contributed by atoms with Crippen molar-refractivity contribution in [1.29, 1.82) is 0 Å². The van der Waals surface area contributed by atoms with E-state index >= 15 is 0 Å². The molecule has 0 aliphatic carbocycles. The summed E-state index contributed by atoms with van der Waals surface area (Å²) in [5.74, 6) is -0.417. The number of phenols is 1. The molecular weight excluding hydrogens is 318 g/mol. The molecule has 0 unspecified atom stereocenters. The smallest absolute Gasteiger partial charge is 0.123 e. The van der Waals surface area contributed by atoms with Crippen molar-refractivity contribution in [3.8, 4) is 5.75 Å². The van der Waals surface area contributed by atoms with Crippen molar-refractivity contribution >= 4 is 0 Å². The van der Waals surface area contributed by atoms with Gasteiger partial charge in [-0.05, 0) is 66.8 Å². The summed E-state index contributed by atoms with van der Waals surface area (Å²) in [6, 6.07) is 16.5. The van der Waals surface area contributed by atoms with Gasteiger partial charge in [0, 0.05) is 5.92 Å². The van der Waals surface area contributed by atoms with Crippen molar-refractivity contribution in [3.05, 3.63) is 100 Å². The minimum absolute atomic E-state index is 0.103. The summed E-state index contributed by atoms with van der Waals surface area (Å²) < 4.78 is 26.6. The molecular formula is C22H20F2O. The Hall–Kier alpha value is -2.68. The third-order valence-electron chi connectivity index (χ3n) is 4.49. The van der Waals surface area contributed by atoms with E-state index in [1.807, 2.05) is 26.0 Å². The van der Waals surface area contributed by atoms with Crippen LogP contribution in [0.4, 0.5) is 8.78 Å². The molecule has 0 spiro atoms. The molecule has 0 atom stereocenters. The fourth-order valence-corrected chi connectivity index (χ4v) is 3.24. The summed E-state index contributed by atoms with van der Waals surface area (Å²) in [7, 11) is 0. The molecule has 0 aliphatic heterocycles. The van der Waals surface area contributed by atoms with Gasteiger partial charge in [-0.2, -0.15) is 0 Å². The van der Waals surface area contributed by atoms with Crippen LogP contribution in [0.15, 0.2) is 60.7 Å². The predicted octanol–water partition coefficient (Wildman–Crippen LogP) is 5.66. The van der Waals surface area contributed by atoms with E-state index in [9.17, 15) is 13.9 Å². The summed E-state index contributed by atoms with van der Waals surface area (Å²) in [6.45, 7) is 3.86. The molecule has 1 nitrogen and oxygen atoms in total. The Morgan fingerprint density at radius 1 is 0.800 bits per heavy atom. The SMILES string of the molecule is Cc1cc(C)c(O)c(CC(c2ccc(F)cc2)c2ccc(F)cc2)c1. The zero-order valence-electron chi connectivity index (χ0n) is 14.3. The van der Waals surface area contributed by atoms with Gasteiger partial charge in [0.2, 0.25) is 0 Å². The summed E-state index contributed by atoms with van der Waals surface area (Å²) in [5, 5.41) is 10.4. The summed E-state index contributed by atoms with van der Waals surface area (Å²) >= 11 is 0. The third kappa shape index (κ3) is 3.87. The van der Waals surface area contributed by atoms with Gasteiger partial charge in [0.25, 0.3) is 0 Å². The monoisotopic (exact) mass is 338 g/mol. The molecule has 3 aromatic rings. The van der Waals surface area contributed by atoms with Crippen molar-refractivity contribution in [2.45, 2.75) is 26.2 Å². The van der Waals surface area contributed by atoms with E-state index in [4.69, 9.17) is 0 Å². The Balaban J connectivity index is 2.05. The van der Waals surface area contributed by atoms with Gasteiger partial charge in [0.1, 0.15) is 17.4 Å². The van der Waals surface area contributed by atoms with Gasteiger partial charge < -0.3 is 5.11 Å². The van der Waals surface area contributed by atoms with E-state index < -0.39 is 0 Å². The maximum Gasteiger partial charge on any atom is 0.123 e. The van der Waals surface area contributed by atoms with Crippen LogP contribution in [0.1, 0.15) is 33.7 Å². The van der Waals surface area contributed by atoms with E-state index in [0.717, 1.165) is 27.8 Å². The van der Waals surface area contributed by atoms with E-state index in [2.05, 4.69) is 0 Å². The van der Waals surface area contributed by atoms with Crippen molar-refractivity contribution in [3.63, 3.8) is 0 Å². The average Bonchev–Trinajstić information content (AvgIpc) is 2.59. The normalized spacial score (nSPS) is 11.1. The Labute approximate surface area is 146 Å². The van der Waals surface area contributed by atoms with E-state index in [-0.39, 0.29) is 23.3 Å². The van der Waals surface area contributed by atoms with Gasteiger partial charge in [-0.1, -0.05) is 42.0 Å². The number of benzene rings is 3. The summed E-state index contributed by atoms with van der Waals surface area (Å²) in [5.41, 5.74) is 4.57. The molecule has 3 rings (SSSR count). The van der Waals surface area contributed by atoms with E-state index in [1.54, 1.807) is 24.3 Å². The van der Waals surface area contributed by atoms with Crippen LogP contribution in [0.3, 0.4) is 0 Å². The number of aryl methyl sites for hydroxylation is 2. The van der Waals surface area contributed by atoms with Gasteiger partial charge >= 0.3 is 0 Å². The number of hydrogen-bond acceptors (Lipinski definition) is 1. The second kappa shape index (κ2) is 7.06. The van der Waals surface area contributed by atoms with Crippen LogP contribution < -0.4 is 0 Å². The minimum Gasteiger partial charge on any atom is -0.507 e. The first-order valence-corrected chi connectivity index (χ1v) is 8.24. The molecule has 3 heteroatoms. The second-order valence-electron chi connectivity index (χ2n) is 6.45. The number of hydrogen-bond donors (Lipinski definition) is 1. The molecule has 3 aromatic carbocycles. The number of phenolic OH excluding ortho intramolecular Hbond substituents is 1. The van der Waals surface area contributed by atoms with Crippen LogP contribution in [-0.4, -0.2) is 5.11 Å². The predicted molar refractivity (Wildman–Crippen MR) is 95.9 cm³/mol. The number of aromatic hydroxyl groups is 1. The minimum atomic E-state index is -0.296. The highest BCUT2D eigenvalue weighted by Gasteiger charge is 2.18. The maximum atomic E-state index is 13.3. The first kappa shape index (κ1) is 17.2. The topological polar surface area (TPSA) is 20.2 Å². The summed E-state index contributed by atoms with van der Waals surface area (Å²) in [4.78, 5) is 0. The highest BCUT2D eigenvalue weighted by atomic mass is 19.1. The van der Waals surface area contributed by atoms with Crippen molar-refractivity contribution in [2.24, 2.45) is 0 Å². The van der Waals surface area contributed by atoms with Gasteiger partial charge in [-0.25, -0.2) is 8.78 Å². The van der Waals surface area contributed by atoms with Crippen molar-refractivity contribution < 1.29 is 13.9 Å². The Morgan fingerprint density at radius 2 is 1.28 bits per heavy atom. The molecule has 25 heavy (non-hydrogen) atoms. The molecule has 0 fully saturated rings. The van der Waals surface area contributed by atoms with Crippen molar-refractivity contribution in [2.75, 3.05) is 0 Å². The van der Waals surface area contributed by atoms with E-state index in [1.165, 1.54) is 24.3 Å². The lowest BCUT2D eigenvalue weighted by molar-refractivity contribution is 0.462. The quantitative estimate of drug-likeness (QED) is 0.650. The average molecular weight is 338 g/mol. The first-order valence-electron chi connectivity index (χ1n) is 8.24. The molecule has 0 heterocycles. The third-order valence-corrected chi connectivity index (χ3v) is 4.49. The van der Waals surface area contributed by atoms with Crippen LogP contribution in [0.5, 0.6) is 5.75 Å². The standard InChI is InChI=1S/C22H20F2O/c1-14-11-15(2)22(25)18(12-14)13-21(16-3-7-19(23)8-4-16)17-5-9-20(24)10-6-17/h3-12,21,25H,13H2,1-2H3. The lowest BCUT2D eigenvalue weighted by Crippen LogP contribution is -2.06. The Kier molecular flexibility index (Phi) is 4.84. The molecule has 0 radical (unpaired) electrons. The zero-order chi connectivity index (χ0) is 18.0. The molecule has 0 bridgehead atoms. The largest absolute Gasteiger partial charge is 0.507 e. The molecule has 0 aromatic heterocycles. The van der Waals surface area contributed by atoms with Crippen LogP contribution in [0, 0.1) is 25.5 Å².